The zero-order valence-electron chi connectivity index (χ0n) is 15.6. The summed E-state index contributed by atoms with van der Waals surface area (Å²) >= 11 is 1.72. The number of hydrogen-bond acceptors (Lipinski definition) is 6. The Bertz CT molecular complexity index is 852. The van der Waals surface area contributed by atoms with Gasteiger partial charge in [-0.3, -0.25) is 9.80 Å². The van der Waals surface area contributed by atoms with E-state index in [-0.39, 0.29) is 18.6 Å². The summed E-state index contributed by atoms with van der Waals surface area (Å²) in [4.78, 5) is 10.6. The molecule has 4 heterocycles. The van der Waals surface area contributed by atoms with Crippen molar-refractivity contribution in [2.75, 3.05) is 39.4 Å². The first-order valence-corrected chi connectivity index (χ1v) is 10.2. The first-order chi connectivity index (χ1) is 13.1. The Morgan fingerprint density at radius 1 is 1.26 bits per heavy atom. The fourth-order valence-electron chi connectivity index (χ4n) is 4.51. The highest BCUT2D eigenvalue weighted by Gasteiger charge is 2.51. The van der Waals surface area contributed by atoms with Gasteiger partial charge in [0.1, 0.15) is 12.4 Å². The molecule has 2 fully saturated rings. The molecule has 0 saturated carbocycles. The van der Waals surface area contributed by atoms with Crippen LogP contribution in [0.2, 0.25) is 0 Å². The average molecular weight is 387 g/mol. The molecule has 2 N–H and O–H groups in total. The molecular formula is C20H26N4O2S. The number of imidazole rings is 1. The van der Waals surface area contributed by atoms with Crippen LogP contribution in [0.3, 0.4) is 0 Å². The molecule has 144 valence electrons. The molecule has 2 aromatic heterocycles. The molecule has 2 atom stereocenters. The number of thiophene rings is 1. The van der Waals surface area contributed by atoms with Gasteiger partial charge in [-0.15, -0.1) is 11.3 Å². The quantitative estimate of drug-likeness (QED) is 0.743. The van der Waals surface area contributed by atoms with Gasteiger partial charge in [-0.05, 0) is 12.0 Å². The molecule has 2 aromatic rings. The van der Waals surface area contributed by atoms with Crippen molar-refractivity contribution in [3.63, 3.8) is 0 Å². The van der Waals surface area contributed by atoms with Crippen LogP contribution in [0.25, 0.3) is 0 Å². The van der Waals surface area contributed by atoms with Crippen LogP contribution in [0.5, 0.6) is 0 Å². The molecule has 27 heavy (non-hydrogen) atoms. The predicted molar refractivity (Wildman–Crippen MR) is 105 cm³/mol. The molecule has 0 bridgehead atoms. The third-order valence-corrected chi connectivity index (χ3v) is 6.77. The van der Waals surface area contributed by atoms with Gasteiger partial charge >= 0.3 is 0 Å². The second-order valence-corrected chi connectivity index (χ2v) is 8.77. The van der Waals surface area contributed by atoms with Gasteiger partial charge in [0.2, 0.25) is 0 Å². The fraction of sp³-hybridized carbons (Fsp3) is 0.550. The lowest BCUT2D eigenvalue weighted by Crippen LogP contribution is -2.37. The molecule has 0 radical (unpaired) electrons. The maximum atomic E-state index is 10.2. The van der Waals surface area contributed by atoms with E-state index in [9.17, 15) is 5.11 Å². The standard InChI is InChI=1S/C20H26N4O2S/c1-22-5-4-21-19(22)11-24-9-17-8-23(13-20(17,14-24)15-26)10-18-7-16(12-27-18)3-2-6-25/h4-5,7,12,17,25-26H,6,8-11,13-15H2,1H3. The summed E-state index contributed by atoms with van der Waals surface area (Å²) in [6, 6.07) is 2.11. The number of fused-ring (bicyclic) bond motifs is 1. The van der Waals surface area contributed by atoms with Gasteiger partial charge in [0.15, 0.2) is 0 Å². The number of aliphatic hydroxyl groups excluding tert-OH is 2. The molecule has 7 heteroatoms. The smallest absolute Gasteiger partial charge is 0.122 e. The first kappa shape index (κ1) is 18.7. The SMILES string of the molecule is Cn1ccnc1CN1CC2CN(Cc3cc(C#CCO)cs3)CC2(CO)C1. The Morgan fingerprint density at radius 2 is 2.04 bits per heavy atom. The van der Waals surface area contributed by atoms with Crippen molar-refractivity contribution < 1.29 is 10.2 Å². The van der Waals surface area contributed by atoms with Crippen molar-refractivity contribution in [1.29, 1.82) is 0 Å². The Labute approximate surface area is 164 Å². The minimum absolute atomic E-state index is 0.0258. The number of hydrogen-bond donors (Lipinski definition) is 2. The lowest BCUT2D eigenvalue weighted by atomic mass is 9.82. The van der Waals surface area contributed by atoms with Crippen LogP contribution in [0.15, 0.2) is 23.8 Å². The molecule has 0 amide bonds. The number of likely N-dealkylation sites (tertiary alicyclic amines) is 2. The van der Waals surface area contributed by atoms with E-state index in [1.165, 1.54) is 4.88 Å². The van der Waals surface area contributed by atoms with Gasteiger partial charge in [-0.25, -0.2) is 4.98 Å². The van der Waals surface area contributed by atoms with E-state index in [0.29, 0.717) is 5.92 Å². The number of rotatable bonds is 5. The Morgan fingerprint density at radius 3 is 2.67 bits per heavy atom. The second-order valence-electron chi connectivity index (χ2n) is 7.77. The van der Waals surface area contributed by atoms with E-state index in [4.69, 9.17) is 5.11 Å². The number of nitrogens with zero attached hydrogens (tertiary/aromatic N) is 4. The highest BCUT2D eigenvalue weighted by atomic mass is 32.1. The van der Waals surface area contributed by atoms with Crippen molar-refractivity contribution in [3.05, 3.63) is 40.1 Å². The average Bonchev–Trinajstić information content (AvgIpc) is 3.39. The van der Waals surface area contributed by atoms with Crippen LogP contribution < -0.4 is 0 Å². The van der Waals surface area contributed by atoms with Gasteiger partial charge in [0.25, 0.3) is 0 Å². The Kier molecular flexibility index (Phi) is 5.35. The zero-order chi connectivity index (χ0) is 18.9. The number of aromatic nitrogens is 2. The van der Waals surface area contributed by atoms with E-state index in [2.05, 4.69) is 37.3 Å². The highest BCUT2D eigenvalue weighted by Crippen LogP contribution is 2.43. The first-order valence-electron chi connectivity index (χ1n) is 9.31. The predicted octanol–water partition coefficient (Wildman–Crippen LogP) is 0.752. The third-order valence-electron chi connectivity index (χ3n) is 5.85. The van der Waals surface area contributed by atoms with Gasteiger partial charge in [-0.1, -0.05) is 11.8 Å². The molecule has 2 unspecified atom stereocenters. The lowest BCUT2D eigenvalue weighted by molar-refractivity contribution is 0.110. The Balaban J connectivity index is 1.38. The van der Waals surface area contributed by atoms with Crippen LogP contribution in [0, 0.1) is 23.2 Å². The zero-order valence-corrected chi connectivity index (χ0v) is 16.5. The number of aliphatic hydroxyl groups is 2. The molecule has 2 aliphatic heterocycles. The topological polar surface area (TPSA) is 64.8 Å². The van der Waals surface area contributed by atoms with Crippen molar-refractivity contribution >= 4 is 11.3 Å². The minimum Gasteiger partial charge on any atom is -0.396 e. The molecule has 2 aliphatic rings. The van der Waals surface area contributed by atoms with Gasteiger partial charge < -0.3 is 14.8 Å². The fourth-order valence-corrected chi connectivity index (χ4v) is 5.36. The molecule has 4 rings (SSSR count). The van der Waals surface area contributed by atoms with E-state index < -0.39 is 0 Å². The van der Waals surface area contributed by atoms with Crippen LogP contribution >= 0.6 is 11.3 Å². The summed E-state index contributed by atoms with van der Waals surface area (Å²) in [5, 5.41) is 21.1. The molecule has 0 aliphatic carbocycles. The third kappa shape index (κ3) is 3.82. The van der Waals surface area contributed by atoms with E-state index >= 15 is 0 Å². The molecule has 2 saturated heterocycles. The molecule has 6 nitrogen and oxygen atoms in total. The summed E-state index contributed by atoms with van der Waals surface area (Å²) in [5.74, 6) is 7.24. The van der Waals surface area contributed by atoms with E-state index in [1.54, 1.807) is 11.3 Å². The van der Waals surface area contributed by atoms with Gasteiger partial charge in [0, 0.05) is 73.4 Å². The molecule has 0 spiro atoms. The van der Waals surface area contributed by atoms with Crippen molar-refractivity contribution in [2.24, 2.45) is 18.4 Å². The summed E-state index contributed by atoms with van der Waals surface area (Å²) < 4.78 is 2.07. The van der Waals surface area contributed by atoms with Crippen LogP contribution in [0.4, 0.5) is 0 Å². The summed E-state index contributed by atoms with van der Waals surface area (Å²) in [5.41, 5.74) is 0.948. The van der Waals surface area contributed by atoms with Crippen molar-refractivity contribution in [1.82, 2.24) is 19.4 Å². The Hall–Kier alpha value is -1.69. The van der Waals surface area contributed by atoms with Crippen molar-refractivity contribution in [2.45, 2.75) is 13.1 Å². The molecular weight excluding hydrogens is 360 g/mol. The van der Waals surface area contributed by atoms with Crippen molar-refractivity contribution in [3.8, 4) is 11.8 Å². The summed E-state index contributed by atoms with van der Waals surface area (Å²) in [6.07, 6.45) is 3.83. The number of aryl methyl sites for hydroxylation is 1. The van der Waals surface area contributed by atoms with Crippen LogP contribution in [0.1, 0.15) is 16.3 Å². The van der Waals surface area contributed by atoms with Crippen LogP contribution in [-0.4, -0.2) is 69.0 Å². The van der Waals surface area contributed by atoms with E-state index in [0.717, 1.165) is 50.7 Å². The largest absolute Gasteiger partial charge is 0.396 e. The molecule has 0 aromatic carbocycles. The normalized spacial score (nSPS) is 25.5. The maximum Gasteiger partial charge on any atom is 0.122 e. The van der Waals surface area contributed by atoms with Gasteiger partial charge in [0.05, 0.1) is 13.2 Å². The summed E-state index contributed by atoms with van der Waals surface area (Å²) in [6.45, 7) is 5.78. The minimum atomic E-state index is -0.104. The summed E-state index contributed by atoms with van der Waals surface area (Å²) in [7, 11) is 2.03. The van der Waals surface area contributed by atoms with E-state index in [1.807, 2.05) is 24.8 Å². The van der Waals surface area contributed by atoms with Crippen LogP contribution in [-0.2, 0) is 20.1 Å². The maximum absolute atomic E-state index is 10.2. The van der Waals surface area contributed by atoms with Gasteiger partial charge in [-0.2, -0.15) is 0 Å². The highest BCUT2D eigenvalue weighted by molar-refractivity contribution is 7.10. The second kappa shape index (κ2) is 7.74. The lowest BCUT2D eigenvalue weighted by Gasteiger charge is -2.27. The monoisotopic (exact) mass is 386 g/mol.